The van der Waals surface area contributed by atoms with Crippen LogP contribution in [0.5, 0.6) is 0 Å². The molecule has 1 unspecified atom stereocenters. The van der Waals surface area contributed by atoms with Crippen LogP contribution in [0.15, 0.2) is 53.9 Å². The quantitative estimate of drug-likeness (QED) is 0.485. The lowest BCUT2D eigenvalue weighted by Gasteiger charge is -2.32. The number of para-hydroxylation sites is 1. The summed E-state index contributed by atoms with van der Waals surface area (Å²) in [7, 11) is 0. The second kappa shape index (κ2) is 9.86. The van der Waals surface area contributed by atoms with Crippen molar-refractivity contribution in [3.8, 4) is 17.1 Å². The van der Waals surface area contributed by atoms with Gasteiger partial charge in [0.25, 0.3) is 0 Å². The second-order valence-electron chi connectivity index (χ2n) is 8.86. The molecule has 2 aromatic heterocycles. The van der Waals surface area contributed by atoms with Gasteiger partial charge in [0.1, 0.15) is 0 Å². The van der Waals surface area contributed by atoms with Crippen LogP contribution in [0.4, 0.5) is 0 Å². The molecule has 1 aliphatic rings. The standard InChI is InChI=1S/C25H31N5OS/c1-17(2)21-9-5-6-10-22(21)30-23(20-8-7-13-26-16-20)27-28-25(30)32-19(4)24(31)29-14-11-18(3)12-15-29/h5-10,13,16-19H,11-12,14-15H2,1-4H3. The fourth-order valence-electron chi connectivity index (χ4n) is 4.12. The fourth-order valence-corrected chi connectivity index (χ4v) is 5.06. The minimum Gasteiger partial charge on any atom is -0.342 e. The molecule has 1 amide bonds. The molecule has 0 radical (unpaired) electrons. The minimum absolute atomic E-state index is 0.177. The Labute approximate surface area is 194 Å². The normalized spacial score (nSPS) is 15.8. The maximum Gasteiger partial charge on any atom is 0.235 e. The van der Waals surface area contributed by atoms with Crippen LogP contribution >= 0.6 is 11.8 Å². The maximum atomic E-state index is 13.1. The van der Waals surface area contributed by atoms with Crippen LogP contribution in [0.3, 0.4) is 0 Å². The van der Waals surface area contributed by atoms with E-state index in [0.717, 1.165) is 48.2 Å². The van der Waals surface area contributed by atoms with Crippen LogP contribution in [0.25, 0.3) is 17.1 Å². The van der Waals surface area contributed by atoms with E-state index in [4.69, 9.17) is 0 Å². The van der Waals surface area contributed by atoms with Gasteiger partial charge in [-0.15, -0.1) is 10.2 Å². The molecule has 1 saturated heterocycles. The number of carbonyl (C=O) groups excluding carboxylic acids is 1. The predicted octanol–water partition coefficient (Wildman–Crippen LogP) is 5.19. The molecule has 1 aromatic carbocycles. The molecule has 32 heavy (non-hydrogen) atoms. The summed E-state index contributed by atoms with van der Waals surface area (Å²) in [5.41, 5.74) is 3.15. The summed E-state index contributed by atoms with van der Waals surface area (Å²) >= 11 is 1.48. The van der Waals surface area contributed by atoms with E-state index in [2.05, 4.69) is 58.7 Å². The van der Waals surface area contributed by atoms with Gasteiger partial charge in [-0.3, -0.25) is 14.3 Å². The molecule has 1 atom stereocenters. The van der Waals surface area contributed by atoms with Crippen LogP contribution in [0, 0.1) is 5.92 Å². The first-order valence-corrected chi connectivity index (χ1v) is 12.2. The number of amides is 1. The average molecular weight is 450 g/mol. The van der Waals surface area contributed by atoms with E-state index in [9.17, 15) is 4.79 Å². The number of aromatic nitrogens is 4. The van der Waals surface area contributed by atoms with Crippen molar-refractivity contribution in [2.75, 3.05) is 13.1 Å². The summed E-state index contributed by atoms with van der Waals surface area (Å²) in [5, 5.41) is 9.54. The van der Waals surface area contributed by atoms with E-state index >= 15 is 0 Å². The monoisotopic (exact) mass is 449 g/mol. The SMILES string of the molecule is CC1CCN(C(=O)C(C)Sc2nnc(-c3cccnc3)n2-c2ccccc2C(C)C)CC1. The maximum absolute atomic E-state index is 13.1. The predicted molar refractivity (Wildman–Crippen MR) is 129 cm³/mol. The largest absolute Gasteiger partial charge is 0.342 e. The Morgan fingerprint density at radius 3 is 2.50 bits per heavy atom. The van der Waals surface area contributed by atoms with Gasteiger partial charge in [-0.1, -0.05) is 50.7 Å². The molecule has 0 saturated carbocycles. The summed E-state index contributed by atoms with van der Waals surface area (Å²) in [6.07, 6.45) is 5.71. The highest BCUT2D eigenvalue weighted by molar-refractivity contribution is 8.00. The molecule has 1 fully saturated rings. The number of hydrogen-bond donors (Lipinski definition) is 0. The Balaban J connectivity index is 1.70. The minimum atomic E-state index is -0.237. The van der Waals surface area contributed by atoms with Gasteiger partial charge in [0.15, 0.2) is 11.0 Å². The number of nitrogens with zero attached hydrogens (tertiary/aromatic N) is 5. The van der Waals surface area contributed by atoms with E-state index in [1.54, 1.807) is 12.4 Å². The van der Waals surface area contributed by atoms with Gasteiger partial charge in [0.05, 0.1) is 10.9 Å². The molecule has 168 valence electrons. The molecular formula is C25H31N5OS. The van der Waals surface area contributed by atoms with Crippen molar-refractivity contribution in [1.82, 2.24) is 24.6 Å². The lowest BCUT2D eigenvalue weighted by molar-refractivity contribution is -0.131. The third-order valence-electron chi connectivity index (χ3n) is 6.08. The van der Waals surface area contributed by atoms with Gasteiger partial charge in [-0.25, -0.2) is 0 Å². The zero-order valence-electron chi connectivity index (χ0n) is 19.2. The molecule has 0 bridgehead atoms. The van der Waals surface area contributed by atoms with Gasteiger partial charge < -0.3 is 4.90 Å². The van der Waals surface area contributed by atoms with Gasteiger partial charge >= 0.3 is 0 Å². The average Bonchev–Trinajstić information content (AvgIpc) is 3.22. The first-order valence-electron chi connectivity index (χ1n) is 11.4. The Hall–Kier alpha value is -2.67. The van der Waals surface area contributed by atoms with Gasteiger partial charge in [0.2, 0.25) is 5.91 Å². The van der Waals surface area contributed by atoms with Crippen LogP contribution in [0.2, 0.25) is 0 Å². The number of likely N-dealkylation sites (tertiary alicyclic amines) is 1. The molecule has 6 nitrogen and oxygen atoms in total. The number of piperidine rings is 1. The molecule has 7 heteroatoms. The summed E-state index contributed by atoms with van der Waals surface area (Å²) in [6.45, 7) is 10.3. The number of rotatable bonds is 6. The number of hydrogen-bond acceptors (Lipinski definition) is 5. The highest BCUT2D eigenvalue weighted by Crippen LogP contribution is 2.34. The van der Waals surface area contributed by atoms with E-state index < -0.39 is 0 Å². The highest BCUT2D eigenvalue weighted by Gasteiger charge is 2.28. The Morgan fingerprint density at radius 2 is 1.81 bits per heavy atom. The van der Waals surface area contributed by atoms with E-state index in [-0.39, 0.29) is 11.2 Å². The zero-order chi connectivity index (χ0) is 22.7. The van der Waals surface area contributed by atoms with Crippen molar-refractivity contribution >= 4 is 17.7 Å². The molecule has 4 rings (SSSR count). The molecular weight excluding hydrogens is 418 g/mol. The van der Waals surface area contributed by atoms with Crippen molar-refractivity contribution in [3.05, 3.63) is 54.4 Å². The van der Waals surface area contributed by atoms with Crippen molar-refractivity contribution in [2.24, 2.45) is 5.92 Å². The van der Waals surface area contributed by atoms with Gasteiger partial charge in [-0.2, -0.15) is 0 Å². The van der Waals surface area contributed by atoms with E-state index in [0.29, 0.717) is 11.8 Å². The third kappa shape index (κ3) is 4.72. The lowest BCUT2D eigenvalue weighted by atomic mass is 9.99. The molecule has 0 spiro atoms. The number of pyridine rings is 1. The molecule has 3 aromatic rings. The van der Waals surface area contributed by atoms with E-state index in [1.165, 1.54) is 17.3 Å². The second-order valence-corrected chi connectivity index (χ2v) is 10.2. The van der Waals surface area contributed by atoms with Crippen molar-refractivity contribution in [3.63, 3.8) is 0 Å². The highest BCUT2D eigenvalue weighted by atomic mass is 32.2. The van der Waals surface area contributed by atoms with Gasteiger partial charge in [0, 0.05) is 31.0 Å². The zero-order valence-corrected chi connectivity index (χ0v) is 20.0. The molecule has 0 N–H and O–H groups in total. The lowest BCUT2D eigenvalue weighted by Crippen LogP contribution is -2.41. The Bertz CT molecular complexity index is 1060. The summed E-state index contributed by atoms with van der Waals surface area (Å²) < 4.78 is 2.08. The Kier molecular flexibility index (Phi) is 6.94. The summed E-state index contributed by atoms with van der Waals surface area (Å²) in [6, 6.07) is 12.2. The van der Waals surface area contributed by atoms with Crippen LogP contribution in [-0.2, 0) is 4.79 Å². The van der Waals surface area contributed by atoms with Crippen LogP contribution in [0.1, 0.15) is 52.0 Å². The number of carbonyl (C=O) groups is 1. The van der Waals surface area contributed by atoms with Crippen molar-refractivity contribution in [2.45, 2.75) is 56.9 Å². The van der Waals surface area contributed by atoms with Gasteiger partial charge in [-0.05, 0) is 55.4 Å². The van der Waals surface area contributed by atoms with E-state index in [1.807, 2.05) is 30.0 Å². The molecule has 0 aliphatic carbocycles. The van der Waals surface area contributed by atoms with Crippen LogP contribution in [-0.4, -0.2) is 48.9 Å². The van der Waals surface area contributed by atoms with Crippen molar-refractivity contribution in [1.29, 1.82) is 0 Å². The smallest absolute Gasteiger partial charge is 0.235 e. The topological polar surface area (TPSA) is 63.9 Å². The number of thioether (sulfide) groups is 1. The first kappa shape index (κ1) is 22.5. The Morgan fingerprint density at radius 1 is 1.06 bits per heavy atom. The van der Waals surface area contributed by atoms with Crippen LogP contribution < -0.4 is 0 Å². The van der Waals surface area contributed by atoms with Crippen molar-refractivity contribution < 1.29 is 4.79 Å². The molecule has 1 aliphatic heterocycles. The molecule has 3 heterocycles. The summed E-state index contributed by atoms with van der Waals surface area (Å²) in [5.74, 6) is 1.94. The first-order chi connectivity index (χ1) is 15.5. The number of benzene rings is 1. The fraction of sp³-hybridized carbons (Fsp3) is 0.440. The summed E-state index contributed by atoms with van der Waals surface area (Å²) in [4.78, 5) is 19.4. The third-order valence-corrected chi connectivity index (χ3v) is 7.11.